The Labute approximate surface area is 97.3 Å². The van der Waals surface area contributed by atoms with Gasteiger partial charge >= 0.3 is 0 Å². The van der Waals surface area contributed by atoms with Crippen molar-refractivity contribution in [3.63, 3.8) is 0 Å². The number of rotatable bonds is 3. The van der Waals surface area contributed by atoms with E-state index >= 15 is 0 Å². The molecule has 1 saturated heterocycles. The second-order valence-corrected chi connectivity index (χ2v) is 4.57. The molecule has 0 aromatic carbocycles. The third-order valence-corrected chi connectivity index (χ3v) is 3.12. The lowest BCUT2D eigenvalue weighted by Gasteiger charge is -2.36. The fraction of sp³-hybridized carbons (Fsp3) is 0.667. The SMILES string of the molecule is CC(C)N1CCN(Cc2ncccn2)CC1. The molecule has 0 unspecified atom stereocenters. The monoisotopic (exact) mass is 220 g/mol. The summed E-state index contributed by atoms with van der Waals surface area (Å²) in [5.74, 6) is 0.931. The van der Waals surface area contributed by atoms with Gasteiger partial charge in [-0.15, -0.1) is 0 Å². The van der Waals surface area contributed by atoms with E-state index in [0.29, 0.717) is 6.04 Å². The Morgan fingerprint density at radius 2 is 1.75 bits per heavy atom. The van der Waals surface area contributed by atoms with Gasteiger partial charge < -0.3 is 0 Å². The van der Waals surface area contributed by atoms with Crippen LogP contribution in [0.15, 0.2) is 18.5 Å². The van der Waals surface area contributed by atoms with Crippen LogP contribution in [0.2, 0.25) is 0 Å². The van der Waals surface area contributed by atoms with Crippen LogP contribution in [0.4, 0.5) is 0 Å². The Hall–Kier alpha value is -1.00. The van der Waals surface area contributed by atoms with Gasteiger partial charge in [0.15, 0.2) is 0 Å². The third-order valence-electron chi connectivity index (χ3n) is 3.12. The lowest BCUT2D eigenvalue weighted by molar-refractivity contribution is 0.102. The Morgan fingerprint density at radius 3 is 2.31 bits per heavy atom. The normalized spacial score (nSPS) is 19.2. The third kappa shape index (κ3) is 3.00. The van der Waals surface area contributed by atoms with E-state index in [9.17, 15) is 0 Å². The molecule has 4 heteroatoms. The Bertz CT molecular complexity index is 304. The van der Waals surface area contributed by atoms with Gasteiger partial charge in [-0.3, -0.25) is 9.80 Å². The Balaban J connectivity index is 1.82. The molecule has 16 heavy (non-hydrogen) atoms. The van der Waals surface area contributed by atoms with E-state index in [-0.39, 0.29) is 0 Å². The summed E-state index contributed by atoms with van der Waals surface area (Å²) in [6.07, 6.45) is 3.62. The molecule has 2 rings (SSSR count). The smallest absolute Gasteiger partial charge is 0.142 e. The van der Waals surface area contributed by atoms with Gasteiger partial charge in [0, 0.05) is 44.6 Å². The minimum atomic E-state index is 0.662. The van der Waals surface area contributed by atoms with Crippen LogP contribution in [-0.2, 0) is 6.54 Å². The van der Waals surface area contributed by atoms with Gasteiger partial charge in [-0.05, 0) is 19.9 Å². The van der Waals surface area contributed by atoms with Crippen LogP contribution in [-0.4, -0.2) is 52.0 Å². The first-order valence-electron chi connectivity index (χ1n) is 5.98. The van der Waals surface area contributed by atoms with Gasteiger partial charge in [0.05, 0.1) is 6.54 Å². The average Bonchev–Trinajstić information content (AvgIpc) is 2.31. The van der Waals surface area contributed by atoms with Crippen LogP contribution in [0, 0.1) is 0 Å². The second kappa shape index (κ2) is 5.37. The maximum atomic E-state index is 4.26. The highest BCUT2D eigenvalue weighted by molar-refractivity contribution is 4.89. The molecule has 1 fully saturated rings. The van der Waals surface area contributed by atoms with Crippen molar-refractivity contribution in [2.75, 3.05) is 26.2 Å². The molecule has 1 aliphatic heterocycles. The second-order valence-electron chi connectivity index (χ2n) is 4.57. The van der Waals surface area contributed by atoms with Crippen molar-refractivity contribution < 1.29 is 0 Å². The molecule has 0 N–H and O–H groups in total. The molecule has 0 spiro atoms. The first kappa shape index (κ1) is 11.5. The van der Waals surface area contributed by atoms with Crippen molar-refractivity contribution in [2.24, 2.45) is 0 Å². The lowest BCUT2D eigenvalue weighted by atomic mass is 10.2. The van der Waals surface area contributed by atoms with Crippen molar-refractivity contribution in [2.45, 2.75) is 26.4 Å². The van der Waals surface area contributed by atoms with Crippen LogP contribution in [0.1, 0.15) is 19.7 Å². The molecule has 0 atom stereocenters. The number of hydrogen-bond acceptors (Lipinski definition) is 4. The highest BCUT2D eigenvalue weighted by Crippen LogP contribution is 2.07. The van der Waals surface area contributed by atoms with Gasteiger partial charge in [0.25, 0.3) is 0 Å². The Kier molecular flexibility index (Phi) is 3.85. The molecule has 0 aliphatic carbocycles. The molecular weight excluding hydrogens is 200 g/mol. The fourth-order valence-corrected chi connectivity index (χ4v) is 2.05. The summed E-state index contributed by atoms with van der Waals surface area (Å²) in [6, 6.07) is 2.52. The summed E-state index contributed by atoms with van der Waals surface area (Å²) in [7, 11) is 0. The largest absolute Gasteiger partial charge is 0.298 e. The van der Waals surface area contributed by atoms with E-state index in [1.54, 1.807) is 0 Å². The van der Waals surface area contributed by atoms with Crippen LogP contribution < -0.4 is 0 Å². The zero-order valence-electron chi connectivity index (χ0n) is 10.1. The first-order chi connectivity index (χ1) is 7.75. The summed E-state index contributed by atoms with van der Waals surface area (Å²) in [4.78, 5) is 13.5. The van der Waals surface area contributed by atoms with E-state index in [2.05, 4.69) is 33.6 Å². The topological polar surface area (TPSA) is 32.3 Å². The first-order valence-corrected chi connectivity index (χ1v) is 5.98. The number of piperazine rings is 1. The average molecular weight is 220 g/mol. The van der Waals surface area contributed by atoms with E-state index in [1.165, 1.54) is 0 Å². The summed E-state index contributed by atoms with van der Waals surface area (Å²) in [5.41, 5.74) is 0. The molecule has 4 nitrogen and oxygen atoms in total. The van der Waals surface area contributed by atoms with Gasteiger partial charge in [-0.1, -0.05) is 0 Å². The van der Waals surface area contributed by atoms with E-state index in [0.717, 1.165) is 38.5 Å². The minimum absolute atomic E-state index is 0.662. The van der Waals surface area contributed by atoms with E-state index < -0.39 is 0 Å². The molecule has 0 saturated carbocycles. The minimum Gasteiger partial charge on any atom is -0.298 e. The number of aromatic nitrogens is 2. The van der Waals surface area contributed by atoms with E-state index in [4.69, 9.17) is 0 Å². The summed E-state index contributed by atoms with van der Waals surface area (Å²) in [5, 5.41) is 0. The molecule has 0 radical (unpaired) electrons. The van der Waals surface area contributed by atoms with Crippen molar-refractivity contribution in [3.05, 3.63) is 24.3 Å². The van der Waals surface area contributed by atoms with Crippen molar-refractivity contribution >= 4 is 0 Å². The van der Waals surface area contributed by atoms with Crippen LogP contribution in [0.25, 0.3) is 0 Å². The van der Waals surface area contributed by atoms with Crippen LogP contribution in [0.3, 0.4) is 0 Å². The molecule has 88 valence electrons. The molecule has 0 bridgehead atoms. The highest BCUT2D eigenvalue weighted by Gasteiger charge is 2.18. The zero-order chi connectivity index (χ0) is 11.4. The van der Waals surface area contributed by atoms with Gasteiger partial charge in [0.1, 0.15) is 5.82 Å². The van der Waals surface area contributed by atoms with Gasteiger partial charge in [-0.25, -0.2) is 9.97 Å². The van der Waals surface area contributed by atoms with Crippen LogP contribution in [0.5, 0.6) is 0 Å². The highest BCUT2D eigenvalue weighted by atomic mass is 15.3. The zero-order valence-corrected chi connectivity index (χ0v) is 10.1. The standard InChI is InChI=1S/C12H20N4/c1-11(2)16-8-6-15(7-9-16)10-12-13-4-3-5-14-12/h3-5,11H,6-10H2,1-2H3. The quantitative estimate of drug-likeness (QED) is 0.761. The summed E-state index contributed by atoms with van der Waals surface area (Å²) < 4.78 is 0. The maximum Gasteiger partial charge on any atom is 0.142 e. The van der Waals surface area contributed by atoms with Crippen molar-refractivity contribution in [1.29, 1.82) is 0 Å². The van der Waals surface area contributed by atoms with Gasteiger partial charge in [0.2, 0.25) is 0 Å². The van der Waals surface area contributed by atoms with Crippen molar-refractivity contribution in [3.8, 4) is 0 Å². The molecule has 1 aromatic rings. The summed E-state index contributed by atoms with van der Waals surface area (Å²) in [6.45, 7) is 9.96. The lowest BCUT2D eigenvalue weighted by Crippen LogP contribution is -2.48. The number of nitrogens with zero attached hydrogens (tertiary/aromatic N) is 4. The molecule has 0 amide bonds. The van der Waals surface area contributed by atoms with Gasteiger partial charge in [-0.2, -0.15) is 0 Å². The number of hydrogen-bond donors (Lipinski definition) is 0. The molecule has 1 aliphatic rings. The maximum absolute atomic E-state index is 4.26. The van der Waals surface area contributed by atoms with Crippen LogP contribution >= 0.6 is 0 Å². The molecular formula is C12H20N4. The molecule has 2 heterocycles. The molecule has 1 aromatic heterocycles. The fourth-order valence-electron chi connectivity index (χ4n) is 2.05. The Morgan fingerprint density at radius 1 is 1.12 bits per heavy atom. The van der Waals surface area contributed by atoms with Crippen molar-refractivity contribution in [1.82, 2.24) is 19.8 Å². The predicted molar refractivity (Wildman–Crippen MR) is 64.0 cm³/mol. The predicted octanol–water partition coefficient (Wildman–Crippen LogP) is 1.00. The van der Waals surface area contributed by atoms with E-state index in [1.807, 2.05) is 18.5 Å². The summed E-state index contributed by atoms with van der Waals surface area (Å²) >= 11 is 0.